The minimum absolute atomic E-state index is 0.158. The van der Waals surface area contributed by atoms with E-state index in [4.69, 9.17) is 0 Å². The Bertz CT molecular complexity index is 378. The van der Waals surface area contributed by atoms with E-state index >= 15 is 0 Å². The van der Waals surface area contributed by atoms with Crippen LogP contribution in [0, 0.1) is 0 Å². The monoisotopic (exact) mass is 314 g/mol. The zero-order chi connectivity index (χ0) is 15.4. The number of nitrogens with one attached hydrogen (secondary N) is 1. The molecular formula is C11H17F3N2O3S. The predicted molar refractivity (Wildman–Crippen MR) is 68.5 cm³/mol. The van der Waals surface area contributed by atoms with Crippen LogP contribution in [0.2, 0.25) is 0 Å². The van der Waals surface area contributed by atoms with E-state index < -0.39 is 23.0 Å². The Morgan fingerprint density at radius 3 is 2.60 bits per heavy atom. The molecule has 1 atom stereocenters. The van der Waals surface area contributed by atoms with E-state index in [9.17, 15) is 27.9 Å². The van der Waals surface area contributed by atoms with E-state index in [2.05, 4.69) is 5.32 Å². The first-order valence-electron chi connectivity index (χ1n) is 6.16. The van der Waals surface area contributed by atoms with E-state index in [1.54, 1.807) is 0 Å². The van der Waals surface area contributed by atoms with Gasteiger partial charge in [-0.2, -0.15) is 13.2 Å². The van der Waals surface area contributed by atoms with Crippen LogP contribution in [0.4, 0.5) is 18.0 Å². The summed E-state index contributed by atoms with van der Waals surface area (Å²) in [5.74, 6) is -1.40. The molecule has 1 unspecified atom stereocenters. The molecule has 1 aliphatic rings. The summed E-state index contributed by atoms with van der Waals surface area (Å²) in [6, 6.07) is -0.627. The molecule has 1 saturated heterocycles. The van der Waals surface area contributed by atoms with Crippen LogP contribution in [0.1, 0.15) is 26.2 Å². The molecule has 9 heteroatoms. The van der Waals surface area contributed by atoms with Crippen LogP contribution in [-0.4, -0.2) is 51.9 Å². The smallest absolute Gasteiger partial charge is 0.441 e. The number of alkyl halides is 3. The lowest BCUT2D eigenvalue weighted by atomic mass is 9.89. The van der Waals surface area contributed by atoms with Gasteiger partial charge in [-0.05, 0) is 37.9 Å². The van der Waals surface area contributed by atoms with Crippen molar-refractivity contribution in [2.24, 2.45) is 0 Å². The highest BCUT2D eigenvalue weighted by molar-refractivity contribution is 8.00. The normalized spacial score (nSPS) is 23.5. The zero-order valence-corrected chi connectivity index (χ0v) is 11.8. The summed E-state index contributed by atoms with van der Waals surface area (Å²) < 4.78 is 35.8. The summed E-state index contributed by atoms with van der Waals surface area (Å²) in [7, 11) is 0. The molecule has 1 rings (SSSR count). The fraction of sp³-hybridized carbons (Fsp3) is 0.818. The number of carbonyl (C=O) groups is 2. The number of aliphatic carboxylic acids is 1. The minimum Gasteiger partial charge on any atom is -0.480 e. The predicted octanol–water partition coefficient (Wildman–Crippen LogP) is 2.28. The first kappa shape index (κ1) is 16.9. The number of carboxylic acids is 1. The highest BCUT2D eigenvalue weighted by Gasteiger charge is 2.43. The number of urea groups is 1. The van der Waals surface area contributed by atoms with Gasteiger partial charge in [-0.3, -0.25) is 0 Å². The number of amides is 2. The summed E-state index contributed by atoms with van der Waals surface area (Å²) in [5, 5.41) is 11.6. The van der Waals surface area contributed by atoms with Crippen molar-refractivity contribution >= 4 is 23.8 Å². The van der Waals surface area contributed by atoms with Gasteiger partial charge in [0.15, 0.2) is 0 Å². The Morgan fingerprint density at radius 2 is 2.05 bits per heavy atom. The molecule has 0 radical (unpaired) electrons. The highest BCUT2D eigenvalue weighted by atomic mass is 32.2. The van der Waals surface area contributed by atoms with Crippen LogP contribution in [0.15, 0.2) is 0 Å². The average Bonchev–Trinajstić information content (AvgIpc) is 2.33. The number of hydrogen-bond donors (Lipinski definition) is 2. The van der Waals surface area contributed by atoms with Gasteiger partial charge in [0.1, 0.15) is 5.54 Å². The summed E-state index contributed by atoms with van der Waals surface area (Å²) >= 11 is -0.221. The van der Waals surface area contributed by atoms with E-state index in [1.807, 2.05) is 0 Å². The molecule has 20 heavy (non-hydrogen) atoms. The van der Waals surface area contributed by atoms with Gasteiger partial charge in [0.25, 0.3) is 0 Å². The van der Waals surface area contributed by atoms with E-state index in [0.29, 0.717) is 25.8 Å². The third-order valence-corrected chi connectivity index (χ3v) is 3.98. The second-order valence-corrected chi connectivity index (χ2v) is 5.87. The van der Waals surface area contributed by atoms with Gasteiger partial charge in [-0.25, -0.2) is 9.59 Å². The first-order chi connectivity index (χ1) is 9.17. The Morgan fingerprint density at radius 1 is 1.40 bits per heavy atom. The van der Waals surface area contributed by atoms with E-state index in [-0.39, 0.29) is 24.1 Å². The fourth-order valence-electron chi connectivity index (χ4n) is 2.09. The molecule has 116 valence electrons. The molecule has 1 fully saturated rings. The molecular weight excluding hydrogens is 297 g/mol. The molecule has 0 aromatic rings. The highest BCUT2D eigenvalue weighted by Crippen LogP contribution is 2.30. The quantitative estimate of drug-likeness (QED) is 0.781. The summed E-state index contributed by atoms with van der Waals surface area (Å²) in [6.45, 7) is 1.59. The molecule has 0 aliphatic carbocycles. The molecule has 0 aromatic heterocycles. The second-order valence-electron chi connectivity index (χ2n) is 4.71. The molecule has 0 spiro atoms. The number of carboxylic acid groups (broad SMARTS) is 1. The standard InChI is InChI=1S/C11H17F3N2O3S/c1-10(8(17)18)4-2-3-6-16(10)9(19)15-5-7-20-11(12,13)14/h2-7H2,1H3,(H,15,19)(H,17,18). The van der Waals surface area contributed by atoms with Crippen LogP contribution in [0.3, 0.4) is 0 Å². The molecule has 5 nitrogen and oxygen atoms in total. The second kappa shape index (κ2) is 6.55. The van der Waals surface area contributed by atoms with Crippen molar-refractivity contribution < 1.29 is 27.9 Å². The van der Waals surface area contributed by atoms with Crippen LogP contribution < -0.4 is 5.32 Å². The van der Waals surface area contributed by atoms with Crippen molar-refractivity contribution in [2.75, 3.05) is 18.8 Å². The average molecular weight is 314 g/mol. The maximum absolute atomic E-state index is 11.9. The van der Waals surface area contributed by atoms with Gasteiger partial charge in [-0.1, -0.05) is 0 Å². The lowest BCUT2D eigenvalue weighted by Crippen LogP contribution is -2.60. The Balaban J connectivity index is 2.50. The lowest BCUT2D eigenvalue weighted by Gasteiger charge is -2.41. The van der Waals surface area contributed by atoms with Crippen LogP contribution in [-0.2, 0) is 4.79 Å². The van der Waals surface area contributed by atoms with Gasteiger partial charge in [0, 0.05) is 18.8 Å². The van der Waals surface area contributed by atoms with Crippen molar-refractivity contribution in [3.8, 4) is 0 Å². The maximum atomic E-state index is 11.9. The molecule has 0 saturated carbocycles. The van der Waals surface area contributed by atoms with Gasteiger partial charge in [0.05, 0.1) is 0 Å². The van der Waals surface area contributed by atoms with Crippen molar-refractivity contribution in [1.82, 2.24) is 10.2 Å². The molecule has 2 N–H and O–H groups in total. The Labute approximate surface area is 118 Å². The van der Waals surface area contributed by atoms with E-state index in [0.717, 1.165) is 0 Å². The Kier molecular flexibility index (Phi) is 5.55. The number of hydrogen-bond acceptors (Lipinski definition) is 3. The molecule has 0 bridgehead atoms. The SMILES string of the molecule is CC1(C(=O)O)CCCCN1C(=O)NCCSC(F)(F)F. The van der Waals surface area contributed by atoms with Crippen LogP contribution in [0.5, 0.6) is 0 Å². The van der Waals surface area contributed by atoms with Gasteiger partial charge < -0.3 is 15.3 Å². The van der Waals surface area contributed by atoms with Gasteiger partial charge in [0.2, 0.25) is 0 Å². The number of likely N-dealkylation sites (tertiary alicyclic amines) is 1. The zero-order valence-electron chi connectivity index (χ0n) is 11.0. The number of carbonyl (C=O) groups excluding carboxylic acids is 1. The summed E-state index contributed by atoms with van der Waals surface area (Å²) in [5.41, 5.74) is -5.62. The van der Waals surface area contributed by atoms with Crippen molar-refractivity contribution in [3.63, 3.8) is 0 Å². The summed E-state index contributed by atoms with van der Waals surface area (Å²) in [4.78, 5) is 24.4. The first-order valence-corrected chi connectivity index (χ1v) is 7.15. The summed E-state index contributed by atoms with van der Waals surface area (Å²) in [6.07, 6.45) is 1.73. The Hall–Kier alpha value is -1.12. The minimum atomic E-state index is -4.33. The lowest BCUT2D eigenvalue weighted by molar-refractivity contribution is -0.150. The van der Waals surface area contributed by atoms with Crippen LogP contribution >= 0.6 is 11.8 Å². The van der Waals surface area contributed by atoms with Crippen molar-refractivity contribution in [2.45, 2.75) is 37.2 Å². The number of piperidine rings is 1. The largest absolute Gasteiger partial charge is 0.480 e. The van der Waals surface area contributed by atoms with Crippen molar-refractivity contribution in [3.05, 3.63) is 0 Å². The number of halogens is 3. The van der Waals surface area contributed by atoms with Gasteiger partial charge >= 0.3 is 17.5 Å². The number of rotatable bonds is 4. The number of nitrogens with zero attached hydrogens (tertiary/aromatic N) is 1. The van der Waals surface area contributed by atoms with Gasteiger partial charge in [-0.15, -0.1) is 0 Å². The molecule has 1 aliphatic heterocycles. The van der Waals surface area contributed by atoms with E-state index in [1.165, 1.54) is 11.8 Å². The third-order valence-electron chi connectivity index (χ3n) is 3.24. The third kappa shape index (κ3) is 4.46. The topological polar surface area (TPSA) is 69.6 Å². The fourth-order valence-corrected chi connectivity index (χ4v) is 2.52. The maximum Gasteiger partial charge on any atom is 0.441 e. The van der Waals surface area contributed by atoms with Crippen molar-refractivity contribution in [1.29, 1.82) is 0 Å². The molecule has 0 aromatic carbocycles. The van der Waals surface area contributed by atoms with Crippen LogP contribution in [0.25, 0.3) is 0 Å². The number of thioether (sulfide) groups is 1. The molecule has 1 heterocycles. The molecule has 2 amide bonds.